The standard InChI is InChI=1S/C30H32N4O4S/c1-20-15-21(2)32-30(31-20)39-18-27(35)34(17-22-9-5-3-6-10-22)28(23-11-7-4-8-12-23)29(36)33-24-13-14-25-26(16-24)38-19-37-25/h3-7,9-10,13-16,23,28H,8,11-12,17-19H2,1-2H3,(H,33,36)/t23-,28+/m1/s1. The maximum atomic E-state index is 14.0. The normalized spacial score (nSPS) is 16.5. The van der Waals surface area contributed by atoms with Crippen LogP contribution in [0.4, 0.5) is 5.69 Å². The topological polar surface area (TPSA) is 93.7 Å². The van der Waals surface area contributed by atoms with E-state index < -0.39 is 6.04 Å². The van der Waals surface area contributed by atoms with Crippen LogP contribution in [-0.2, 0) is 16.1 Å². The molecule has 0 saturated carbocycles. The molecule has 0 spiro atoms. The minimum Gasteiger partial charge on any atom is -0.454 e. The van der Waals surface area contributed by atoms with Crippen molar-refractivity contribution < 1.29 is 19.1 Å². The Labute approximate surface area is 232 Å². The summed E-state index contributed by atoms with van der Waals surface area (Å²) in [5.74, 6) is 1.00. The fourth-order valence-corrected chi connectivity index (χ4v) is 5.83. The summed E-state index contributed by atoms with van der Waals surface area (Å²) >= 11 is 1.30. The molecule has 0 unspecified atom stereocenters. The van der Waals surface area contributed by atoms with E-state index in [1.165, 1.54) is 11.8 Å². The van der Waals surface area contributed by atoms with Crippen molar-refractivity contribution in [2.24, 2.45) is 5.92 Å². The summed E-state index contributed by atoms with van der Waals surface area (Å²) in [6, 6.07) is 16.4. The summed E-state index contributed by atoms with van der Waals surface area (Å²) < 4.78 is 10.9. The number of rotatable bonds is 9. The van der Waals surface area contributed by atoms with Crippen LogP contribution in [0.2, 0.25) is 0 Å². The van der Waals surface area contributed by atoms with Gasteiger partial charge in [0.15, 0.2) is 16.7 Å². The zero-order valence-electron chi connectivity index (χ0n) is 22.1. The third-order valence-electron chi connectivity index (χ3n) is 6.80. The molecule has 2 aliphatic rings. The van der Waals surface area contributed by atoms with Crippen molar-refractivity contribution in [2.75, 3.05) is 17.9 Å². The third-order valence-corrected chi connectivity index (χ3v) is 7.64. The SMILES string of the molecule is Cc1cc(C)nc(SCC(=O)N(Cc2ccccc2)[C@H](C(=O)Nc2ccc3c(c2)OCO3)[C@@H]2CC=CCC2)n1. The molecule has 9 heteroatoms. The average molecular weight is 545 g/mol. The van der Waals surface area contributed by atoms with Crippen molar-refractivity contribution >= 4 is 29.3 Å². The Hall–Kier alpha value is -3.85. The van der Waals surface area contributed by atoms with Crippen LogP contribution >= 0.6 is 11.8 Å². The van der Waals surface area contributed by atoms with E-state index in [4.69, 9.17) is 9.47 Å². The molecule has 0 fully saturated rings. The van der Waals surface area contributed by atoms with Crippen LogP contribution in [-0.4, -0.2) is 45.3 Å². The van der Waals surface area contributed by atoms with Gasteiger partial charge in [0.25, 0.3) is 0 Å². The van der Waals surface area contributed by atoms with Gasteiger partial charge in [-0.3, -0.25) is 9.59 Å². The molecule has 0 saturated heterocycles. The number of allylic oxidation sites excluding steroid dienone is 2. The fraction of sp³-hybridized carbons (Fsp3) is 0.333. The van der Waals surface area contributed by atoms with Crippen LogP contribution in [0.25, 0.3) is 0 Å². The molecule has 1 aliphatic heterocycles. The zero-order chi connectivity index (χ0) is 27.2. The number of aryl methyl sites for hydroxylation is 2. The summed E-state index contributed by atoms with van der Waals surface area (Å²) in [5.41, 5.74) is 3.28. The number of anilines is 1. The Morgan fingerprint density at radius 3 is 2.54 bits per heavy atom. The molecule has 5 rings (SSSR count). The number of nitrogens with zero attached hydrogens (tertiary/aromatic N) is 3. The van der Waals surface area contributed by atoms with Crippen molar-refractivity contribution in [3.05, 3.63) is 83.7 Å². The summed E-state index contributed by atoms with van der Waals surface area (Å²) in [4.78, 5) is 38.6. The van der Waals surface area contributed by atoms with Crippen LogP contribution < -0.4 is 14.8 Å². The van der Waals surface area contributed by atoms with E-state index in [1.54, 1.807) is 23.1 Å². The van der Waals surface area contributed by atoms with Crippen molar-refractivity contribution in [3.63, 3.8) is 0 Å². The number of aromatic nitrogens is 2. The number of hydrogen-bond donors (Lipinski definition) is 1. The molecular formula is C30H32N4O4S. The Morgan fingerprint density at radius 1 is 1.03 bits per heavy atom. The second-order valence-electron chi connectivity index (χ2n) is 9.78. The molecule has 2 atom stereocenters. The maximum absolute atomic E-state index is 14.0. The number of carbonyl (C=O) groups excluding carboxylic acids is 2. The summed E-state index contributed by atoms with van der Waals surface area (Å²) in [7, 11) is 0. The van der Waals surface area contributed by atoms with Gasteiger partial charge in [0.05, 0.1) is 5.75 Å². The Morgan fingerprint density at radius 2 is 1.79 bits per heavy atom. The van der Waals surface area contributed by atoms with E-state index in [0.29, 0.717) is 28.9 Å². The predicted molar refractivity (Wildman–Crippen MR) is 151 cm³/mol. The minimum absolute atomic E-state index is 0.0147. The highest BCUT2D eigenvalue weighted by atomic mass is 32.2. The van der Waals surface area contributed by atoms with E-state index in [1.807, 2.05) is 50.2 Å². The smallest absolute Gasteiger partial charge is 0.247 e. The zero-order valence-corrected chi connectivity index (χ0v) is 22.9. The highest BCUT2D eigenvalue weighted by Crippen LogP contribution is 2.35. The summed E-state index contributed by atoms with van der Waals surface area (Å²) in [5, 5.41) is 3.61. The Balaban J connectivity index is 1.43. The first kappa shape index (κ1) is 26.7. The number of nitrogens with one attached hydrogen (secondary N) is 1. The second-order valence-corrected chi connectivity index (χ2v) is 10.7. The number of benzene rings is 2. The van der Waals surface area contributed by atoms with E-state index in [-0.39, 0.29) is 30.3 Å². The van der Waals surface area contributed by atoms with Gasteiger partial charge in [0, 0.05) is 29.7 Å². The van der Waals surface area contributed by atoms with Crippen molar-refractivity contribution in [3.8, 4) is 11.5 Å². The average Bonchev–Trinajstić information content (AvgIpc) is 3.40. The molecule has 8 nitrogen and oxygen atoms in total. The van der Waals surface area contributed by atoms with Crippen LogP contribution in [0.5, 0.6) is 11.5 Å². The lowest BCUT2D eigenvalue weighted by Crippen LogP contribution is -2.51. The number of ether oxygens (including phenoxy) is 2. The molecule has 2 aromatic carbocycles. The van der Waals surface area contributed by atoms with Crippen molar-refractivity contribution in [2.45, 2.75) is 50.9 Å². The number of fused-ring (bicyclic) bond motifs is 1. The van der Waals surface area contributed by atoms with Gasteiger partial charge in [-0.2, -0.15) is 0 Å². The highest BCUT2D eigenvalue weighted by Gasteiger charge is 2.36. The lowest BCUT2D eigenvalue weighted by atomic mass is 9.86. The predicted octanol–water partition coefficient (Wildman–Crippen LogP) is 5.31. The lowest BCUT2D eigenvalue weighted by Gasteiger charge is -2.37. The molecule has 2 amide bonds. The van der Waals surface area contributed by atoms with Crippen molar-refractivity contribution in [1.82, 2.24) is 14.9 Å². The van der Waals surface area contributed by atoms with Crippen LogP contribution in [0.15, 0.2) is 71.9 Å². The van der Waals surface area contributed by atoms with Gasteiger partial charge >= 0.3 is 0 Å². The van der Waals surface area contributed by atoms with Crippen molar-refractivity contribution in [1.29, 1.82) is 0 Å². The molecule has 0 bridgehead atoms. The minimum atomic E-state index is -0.658. The van der Waals surface area contributed by atoms with Gasteiger partial charge in [-0.05, 0) is 62.8 Å². The lowest BCUT2D eigenvalue weighted by molar-refractivity contribution is -0.139. The highest BCUT2D eigenvalue weighted by molar-refractivity contribution is 7.99. The molecular weight excluding hydrogens is 512 g/mol. The van der Waals surface area contributed by atoms with Crippen LogP contribution in [0.1, 0.15) is 36.2 Å². The van der Waals surface area contributed by atoms with Gasteiger partial charge in [-0.15, -0.1) is 0 Å². The number of hydrogen-bond acceptors (Lipinski definition) is 7. The number of amides is 2. The van der Waals surface area contributed by atoms with Gasteiger partial charge in [-0.1, -0.05) is 54.2 Å². The fourth-order valence-electron chi connectivity index (χ4n) is 4.99. The first-order valence-corrected chi connectivity index (χ1v) is 14.1. The van der Waals surface area contributed by atoms with Gasteiger partial charge in [0.1, 0.15) is 6.04 Å². The Bertz CT molecular complexity index is 1340. The first-order valence-electron chi connectivity index (χ1n) is 13.1. The second kappa shape index (κ2) is 12.3. The van der Waals surface area contributed by atoms with Crippen LogP contribution in [0, 0.1) is 19.8 Å². The first-order chi connectivity index (χ1) is 19.0. The molecule has 1 aliphatic carbocycles. The maximum Gasteiger partial charge on any atom is 0.247 e. The molecule has 39 heavy (non-hydrogen) atoms. The van der Waals surface area contributed by atoms with E-state index >= 15 is 0 Å². The van der Waals surface area contributed by atoms with E-state index in [0.717, 1.165) is 36.2 Å². The third kappa shape index (κ3) is 6.78. The Kier molecular flexibility index (Phi) is 8.46. The molecule has 0 radical (unpaired) electrons. The summed E-state index contributed by atoms with van der Waals surface area (Å²) in [6.07, 6.45) is 6.67. The molecule has 1 N–H and O–H groups in total. The van der Waals surface area contributed by atoms with E-state index in [2.05, 4.69) is 27.4 Å². The molecule has 3 aromatic rings. The summed E-state index contributed by atoms with van der Waals surface area (Å²) in [6.45, 7) is 4.31. The molecule has 1 aromatic heterocycles. The molecule has 202 valence electrons. The quantitative estimate of drug-likeness (QED) is 0.222. The van der Waals surface area contributed by atoms with E-state index in [9.17, 15) is 9.59 Å². The monoisotopic (exact) mass is 544 g/mol. The molecule has 2 heterocycles. The van der Waals surface area contributed by atoms with Gasteiger partial charge in [0.2, 0.25) is 18.6 Å². The largest absolute Gasteiger partial charge is 0.454 e. The van der Waals surface area contributed by atoms with Gasteiger partial charge in [-0.25, -0.2) is 9.97 Å². The number of thioether (sulfide) groups is 1. The van der Waals surface area contributed by atoms with Crippen LogP contribution in [0.3, 0.4) is 0 Å². The van der Waals surface area contributed by atoms with Gasteiger partial charge < -0.3 is 19.7 Å². The number of carbonyl (C=O) groups is 2.